The number of Topliss-reactive ketones (excluding diaryl/α,β-unsaturated/α-hetero) is 1. The van der Waals surface area contributed by atoms with Gasteiger partial charge in [-0.1, -0.05) is 183 Å². The molecule has 3 saturated heterocycles. The Balaban J connectivity index is 0.000000494. The quantitative estimate of drug-likeness (QED) is 0.0299. The van der Waals surface area contributed by atoms with Crippen molar-refractivity contribution in [1.29, 1.82) is 0 Å². The maximum atomic E-state index is 11.5. The first-order chi connectivity index (χ1) is 37.8. The molecule has 5 rings (SSSR count). The van der Waals surface area contributed by atoms with Crippen LogP contribution in [0.4, 0.5) is 0 Å². The third kappa shape index (κ3) is 40.8. The number of unbranched alkanes of at least 4 members (excludes halogenated alkanes) is 17. The van der Waals surface area contributed by atoms with Crippen molar-refractivity contribution in [3.8, 4) is 0 Å². The number of carbonyl (C=O) groups excluding carboxylic acids is 4. The van der Waals surface area contributed by atoms with Gasteiger partial charge in [-0.3, -0.25) is 19.2 Å². The van der Waals surface area contributed by atoms with E-state index in [2.05, 4.69) is 100 Å². The Morgan fingerprint density at radius 1 is 0.494 bits per heavy atom. The van der Waals surface area contributed by atoms with Gasteiger partial charge in [0.25, 0.3) is 0 Å². The summed E-state index contributed by atoms with van der Waals surface area (Å²) in [5.74, 6) is 1.33. The van der Waals surface area contributed by atoms with Gasteiger partial charge >= 0.3 is 17.9 Å². The molecule has 458 valence electrons. The number of esters is 3. The monoisotopic (exact) mass is 1110 g/mol. The van der Waals surface area contributed by atoms with Crippen LogP contribution in [0.15, 0.2) is 46.6 Å². The maximum absolute atomic E-state index is 11.5. The van der Waals surface area contributed by atoms with Gasteiger partial charge in [0.1, 0.15) is 23.1 Å². The summed E-state index contributed by atoms with van der Waals surface area (Å²) in [7, 11) is 0. The van der Waals surface area contributed by atoms with Crippen LogP contribution in [0.1, 0.15) is 346 Å². The molecule has 3 heterocycles. The van der Waals surface area contributed by atoms with Gasteiger partial charge in [-0.15, -0.1) is 0 Å². The van der Waals surface area contributed by atoms with E-state index in [0.29, 0.717) is 36.9 Å². The number of hydrogen-bond acceptors (Lipinski definition) is 8. The average molecular weight is 1110 g/mol. The van der Waals surface area contributed by atoms with Gasteiger partial charge in [0, 0.05) is 31.6 Å². The highest BCUT2D eigenvalue weighted by Crippen LogP contribution is 2.33. The molecule has 5 fully saturated rings. The van der Waals surface area contributed by atoms with E-state index < -0.39 is 0 Å². The van der Waals surface area contributed by atoms with E-state index in [1.807, 2.05) is 0 Å². The number of ether oxygens (including phenoxy) is 3. The minimum absolute atomic E-state index is 0.00885. The highest BCUT2D eigenvalue weighted by Gasteiger charge is 2.36. The second-order valence-electron chi connectivity index (χ2n) is 25.7. The lowest BCUT2D eigenvalue weighted by Crippen LogP contribution is -2.23. The molecule has 0 spiro atoms. The Labute approximate surface area is 487 Å². The summed E-state index contributed by atoms with van der Waals surface area (Å²) in [5, 5.41) is 9.71. The van der Waals surface area contributed by atoms with Crippen molar-refractivity contribution in [2.75, 3.05) is 0 Å². The predicted molar refractivity (Wildman–Crippen MR) is 334 cm³/mol. The number of cyclic esters (lactones) is 3. The molecule has 1 N–H and O–H groups in total. The van der Waals surface area contributed by atoms with Crippen LogP contribution < -0.4 is 0 Å². The second-order valence-corrected chi connectivity index (χ2v) is 25.7. The topological polar surface area (TPSA) is 116 Å². The van der Waals surface area contributed by atoms with Crippen molar-refractivity contribution in [2.24, 2.45) is 11.8 Å². The van der Waals surface area contributed by atoms with Gasteiger partial charge in [-0.2, -0.15) is 0 Å². The van der Waals surface area contributed by atoms with E-state index in [-0.39, 0.29) is 41.3 Å². The molecule has 0 aromatic rings. The molecule has 0 aromatic heterocycles. The molecule has 3 aliphatic heterocycles. The summed E-state index contributed by atoms with van der Waals surface area (Å²) in [6.45, 7) is 23.8. The summed E-state index contributed by atoms with van der Waals surface area (Å²) in [4.78, 5) is 44.6. The van der Waals surface area contributed by atoms with Crippen molar-refractivity contribution in [1.82, 2.24) is 0 Å². The molecule has 0 radical (unpaired) electrons. The highest BCUT2D eigenvalue weighted by atomic mass is 16.6. The van der Waals surface area contributed by atoms with Gasteiger partial charge in [0.05, 0.1) is 6.10 Å². The number of hydrogen-bond donors (Lipinski definition) is 1. The van der Waals surface area contributed by atoms with Crippen LogP contribution in [0, 0.1) is 11.8 Å². The van der Waals surface area contributed by atoms with Crippen LogP contribution in [-0.2, 0) is 33.4 Å². The molecule has 0 bridgehead atoms. The lowest BCUT2D eigenvalue weighted by Gasteiger charge is -2.22. The van der Waals surface area contributed by atoms with Crippen LogP contribution in [0.3, 0.4) is 0 Å². The van der Waals surface area contributed by atoms with Crippen LogP contribution in [0.25, 0.3) is 0 Å². The third-order valence-electron chi connectivity index (χ3n) is 16.9. The summed E-state index contributed by atoms with van der Waals surface area (Å²) in [6, 6.07) is 0. The SMILES string of the molecule is CC(C)=CCC/C(C)=C/CC1CCCC1=O.CC(C)=CCC/C(C)=C/CC1CCCC1O.CCCCCCCCC1(C)CCC(=O)O1.CCCCCCCCCC1(C)CCC(=O)O1.CCCCCCCCCC1CCCC(=O)O1. The van der Waals surface area contributed by atoms with Crippen molar-refractivity contribution in [3.63, 3.8) is 0 Å². The van der Waals surface area contributed by atoms with Crippen molar-refractivity contribution < 1.29 is 38.5 Å². The second kappa shape index (κ2) is 46.5. The first-order valence-corrected chi connectivity index (χ1v) is 33.3. The van der Waals surface area contributed by atoms with E-state index in [9.17, 15) is 24.3 Å². The minimum atomic E-state index is -0.138. The zero-order valence-corrected chi connectivity index (χ0v) is 53.6. The van der Waals surface area contributed by atoms with Crippen LogP contribution in [0.2, 0.25) is 0 Å². The van der Waals surface area contributed by atoms with Crippen molar-refractivity contribution in [2.45, 2.75) is 369 Å². The lowest BCUT2D eigenvalue weighted by atomic mass is 9.95. The Morgan fingerprint density at radius 2 is 0.937 bits per heavy atom. The van der Waals surface area contributed by atoms with Crippen LogP contribution in [-0.4, -0.2) is 52.2 Å². The molecule has 6 unspecified atom stereocenters. The summed E-state index contributed by atoms with van der Waals surface area (Å²) in [6.07, 6.45) is 57.8. The first-order valence-electron chi connectivity index (χ1n) is 33.3. The van der Waals surface area contributed by atoms with Gasteiger partial charge in [0.2, 0.25) is 0 Å². The molecule has 8 heteroatoms. The van der Waals surface area contributed by atoms with Crippen LogP contribution in [0.5, 0.6) is 0 Å². The molecule has 6 atom stereocenters. The van der Waals surface area contributed by atoms with Crippen LogP contribution >= 0.6 is 0 Å². The Hall–Kier alpha value is -3.00. The summed E-state index contributed by atoms with van der Waals surface area (Å²) >= 11 is 0. The smallest absolute Gasteiger partial charge is 0.306 e. The molecule has 2 aliphatic carbocycles. The Kier molecular flexibility index (Phi) is 43.5. The summed E-state index contributed by atoms with van der Waals surface area (Å²) in [5.41, 5.74) is 5.41. The molecule has 5 aliphatic rings. The van der Waals surface area contributed by atoms with E-state index in [4.69, 9.17) is 14.2 Å². The number of aliphatic hydroxyl groups is 1. The molecule has 0 aromatic carbocycles. The normalized spacial score (nSPS) is 23.6. The van der Waals surface area contributed by atoms with Crippen molar-refractivity contribution in [3.05, 3.63) is 46.6 Å². The van der Waals surface area contributed by atoms with Gasteiger partial charge in [-0.05, 0) is 190 Å². The standard InChI is InChI=1S/C15H26O.C15H24O.2C14H26O2.C13H24O2/c2*1-12(2)6-4-7-13(3)10-11-14-8-5-9-15(14)16;1-3-4-5-6-7-8-9-11-14(2)12-10-13(15)16-14;1-2-3-4-5-6-7-8-10-13-11-9-12-14(15)16-13;1-3-4-5-6-7-8-10-13(2)11-9-12(14)15-13/h6,10,14-16H,4-5,7-9,11H2,1-3H3;6,10,14H,4-5,7-9,11H2,1-3H3;3-12H2,1-2H3;13H,2-12H2,1H3;3-11H2,1-2H3/b2*13-10+;;;. The number of allylic oxidation sites excluding steroid dienone is 8. The number of aliphatic hydroxyl groups excluding tert-OH is 1. The van der Waals surface area contributed by atoms with Gasteiger partial charge in [0.15, 0.2) is 0 Å². The fourth-order valence-corrected chi connectivity index (χ4v) is 11.4. The van der Waals surface area contributed by atoms with E-state index in [1.54, 1.807) is 0 Å². The number of rotatable bonds is 33. The molecular formula is C71H126O8. The van der Waals surface area contributed by atoms with E-state index in [0.717, 1.165) is 109 Å². The molecule has 8 nitrogen and oxygen atoms in total. The average Bonchev–Trinajstić information content (AvgIpc) is 4.21. The zero-order chi connectivity index (χ0) is 58.6. The van der Waals surface area contributed by atoms with Gasteiger partial charge in [-0.25, -0.2) is 0 Å². The fourth-order valence-electron chi connectivity index (χ4n) is 11.4. The van der Waals surface area contributed by atoms with E-state index in [1.165, 1.54) is 164 Å². The maximum Gasteiger partial charge on any atom is 0.306 e. The molecule has 0 amide bonds. The predicted octanol–water partition coefficient (Wildman–Crippen LogP) is 20.9. The Bertz CT molecular complexity index is 1730. The highest BCUT2D eigenvalue weighted by molar-refractivity contribution is 5.83. The molecular weight excluding hydrogens is 981 g/mol. The first kappa shape index (κ1) is 74.0. The van der Waals surface area contributed by atoms with E-state index >= 15 is 0 Å². The Morgan fingerprint density at radius 3 is 1.33 bits per heavy atom. The lowest BCUT2D eigenvalue weighted by molar-refractivity contribution is -0.154. The largest absolute Gasteiger partial charge is 0.462 e. The third-order valence-corrected chi connectivity index (χ3v) is 16.9. The number of carbonyl (C=O) groups is 4. The fraction of sp³-hybridized carbons (Fsp3) is 0.831. The number of ketones is 1. The zero-order valence-electron chi connectivity index (χ0n) is 53.6. The molecule has 2 saturated carbocycles. The molecule has 79 heavy (non-hydrogen) atoms. The van der Waals surface area contributed by atoms with Crippen molar-refractivity contribution >= 4 is 23.7 Å². The van der Waals surface area contributed by atoms with Gasteiger partial charge < -0.3 is 19.3 Å². The summed E-state index contributed by atoms with van der Waals surface area (Å²) < 4.78 is 16.0. The minimum Gasteiger partial charge on any atom is -0.462 e.